The van der Waals surface area contributed by atoms with E-state index in [2.05, 4.69) is 4.90 Å². The Balaban J connectivity index is 1.48. The number of piperidine rings is 2. The van der Waals surface area contributed by atoms with Gasteiger partial charge in [0.05, 0.1) is 21.3 Å². The van der Waals surface area contributed by atoms with E-state index in [9.17, 15) is 13.6 Å². The first-order valence-electron chi connectivity index (χ1n) is 11.2. The average Bonchev–Trinajstić information content (AvgIpc) is 2.82. The fourth-order valence-electron chi connectivity index (χ4n) is 5.09. The van der Waals surface area contributed by atoms with Gasteiger partial charge in [0.2, 0.25) is 11.7 Å². The minimum absolute atomic E-state index is 0.125. The van der Waals surface area contributed by atoms with Crippen molar-refractivity contribution in [3.8, 4) is 17.2 Å². The highest BCUT2D eigenvalue weighted by molar-refractivity contribution is 5.77. The molecule has 2 heterocycles. The van der Waals surface area contributed by atoms with E-state index in [-0.39, 0.29) is 11.9 Å². The van der Waals surface area contributed by atoms with E-state index in [1.54, 1.807) is 21.3 Å². The van der Waals surface area contributed by atoms with Crippen molar-refractivity contribution < 1.29 is 27.8 Å². The van der Waals surface area contributed by atoms with Crippen molar-refractivity contribution in [3.63, 3.8) is 0 Å². The average molecular weight is 461 g/mol. The summed E-state index contributed by atoms with van der Waals surface area (Å²) in [5.74, 6) is 1.01. The van der Waals surface area contributed by atoms with Gasteiger partial charge in [-0.1, -0.05) is 6.07 Å². The van der Waals surface area contributed by atoms with Crippen LogP contribution < -0.4 is 14.2 Å². The summed E-state index contributed by atoms with van der Waals surface area (Å²) in [6.07, 6.45) is 2.12. The Hall–Kier alpha value is -2.87. The second kappa shape index (κ2) is 9.95. The number of rotatable bonds is 7. The number of halogens is 2. The van der Waals surface area contributed by atoms with Crippen LogP contribution in [0.15, 0.2) is 30.3 Å². The van der Waals surface area contributed by atoms with Gasteiger partial charge in [-0.2, -0.15) is 0 Å². The molecule has 0 radical (unpaired) electrons. The molecule has 2 aliphatic heterocycles. The quantitative estimate of drug-likeness (QED) is 0.625. The maximum Gasteiger partial charge on any atom is 0.223 e. The molecule has 0 aromatic heterocycles. The molecule has 33 heavy (non-hydrogen) atoms. The van der Waals surface area contributed by atoms with E-state index in [1.807, 2.05) is 17.0 Å². The van der Waals surface area contributed by atoms with Gasteiger partial charge < -0.3 is 19.1 Å². The summed E-state index contributed by atoms with van der Waals surface area (Å²) in [6.45, 7) is 2.43. The van der Waals surface area contributed by atoms with Crippen molar-refractivity contribution in [1.29, 1.82) is 0 Å². The second-order valence-electron chi connectivity index (χ2n) is 8.68. The molecular formula is C25H30F2N2O4. The van der Waals surface area contributed by atoms with Crippen LogP contribution in [0.3, 0.4) is 0 Å². The van der Waals surface area contributed by atoms with Gasteiger partial charge in [-0.05, 0) is 42.5 Å². The number of ether oxygens (including phenoxy) is 3. The highest BCUT2D eigenvalue weighted by Crippen LogP contribution is 2.40. The van der Waals surface area contributed by atoms with Crippen molar-refractivity contribution in [2.24, 2.45) is 5.92 Å². The van der Waals surface area contributed by atoms with Crippen molar-refractivity contribution in [3.05, 3.63) is 53.1 Å². The minimum Gasteiger partial charge on any atom is -0.493 e. The molecule has 2 aromatic carbocycles. The van der Waals surface area contributed by atoms with Crippen LogP contribution in [0, 0.1) is 17.6 Å². The maximum absolute atomic E-state index is 14.1. The van der Waals surface area contributed by atoms with Crippen LogP contribution in [-0.2, 0) is 17.9 Å². The summed E-state index contributed by atoms with van der Waals surface area (Å²) in [7, 11) is 4.70. The van der Waals surface area contributed by atoms with Crippen molar-refractivity contribution in [1.82, 2.24) is 9.80 Å². The third-order valence-electron chi connectivity index (χ3n) is 6.71. The predicted octanol–water partition coefficient (Wildman–Crippen LogP) is 4.00. The van der Waals surface area contributed by atoms with E-state index in [0.717, 1.165) is 37.6 Å². The highest BCUT2D eigenvalue weighted by atomic mass is 19.1. The van der Waals surface area contributed by atoms with Crippen LogP contribution in [-0.4, -0.2) is 56.2 Å². The van der Waals surface area contributed by atoms with Gasteiger partial charge in [0.1, 0.15) is 11.6 Å². The maximum atomic E-state index is 14.1. The summed E-state index contributed by atoms with van der Waals surface area (Å²) in [5, 5.41) is 0. The molecule has 2 fully saturated rings. The van der Waals surface area contributed by atoms with Crippen molar-refractivity contribution >= 4 is 5.91 Å². The van der Waals surface area contributed by atoms with Gasteiger partial charge in [-0.3, -0.25) is 9.69 Å². The third kappa shape index (κ3) is 4.90. The number of hydrogen-bond donors (Lipinski definition) is 0. The number of benzene rings is 2. The first-order valence-corrected chi connectivity index (χ1v) is 11.2. The molecule has 1 amide bonds. The number of likely N-dealkylation sites (tertiary alicyclic amines) is 2. The van der Waals surface area contributed by atoms with Gasteiger partial charge >= 0.3 is 0 Å². The van der Waals surface area contributed by atoms with Crippen LogP contribution in [0.25, 0.3) is 0 Å². The number of fused-ring (bicyclic) bond motifs is 1. The largest absolute Gasteiger partial charge is 0.493 e. The van der Waals surface area contributed by atoms with Crippen LogP contribution in [0.2, 0.25) is 0 Å². The molecule has 0 saturated carbocycles. The lowest BCUT2D eigenvalue weighted by Crippen LogP contribution is -2.55. The summed E-state index contributed by atoms with van der Waals surface area (Å²) in [5.41, 5.74) is 1.41. The van der Waals surface area contributed by atoms with Crippen LogP contribution in [0.4, 0.5) is 8.78 Å². The van der Waals surface area contributed by atoms with E-state index < -0.39 is 11.6 Å². The molecule has 178 valence electrons. The molecule has 0 unspecified atom stereocenters. The van der Waals surface area contributed by atoms with E-state index in [0.29, 0.717) is 48.2 Å². The smallest absolute Gasteiger partial charge is 0.223 e. The normalized spacial score (nSPS) is 21.0. The molecule has 2 atom stereocenters. The van der Waals surface area contributed by atoms with E-state index in [4.69, 9.17) is 14.2 Å². The van der Waals surface area contributed by atoms with Crippen LogP contribution in [0.5, 0.6) is 17.2 Å². The first kappa shape index (κ1) is 23.3. The summed E-state index contributed by atoms with van der Waals surface area (Å²) in [4.78, 5) is 17.0. The molecule has 0 aliphatic carbocycles. The Kier molecular flexibility index (Phi) is 7.02. The number of methoxy groups -OCH3 is 3. The predicted molar refractivity (Wildman–Crippen MR) is 119 cm³/mol. The molecule has 0 spiro atoms. The fourth-order valence-corrected chi connectivity index (χ4v) is 5.09. The van der Waals surface area contributed by atoms with Gasteiger partial charge in [0, 0.05) is 50.3 Å². The Labute approximate surface area is 193 Å². The topological polar surface area (TPSA) is 51.2 Å². The lowest BCUT2D eigenvalue weighted by atomic mass is 9.83. The molecule has 2 saturated heterocycles. The van der Waals surface area contributed by atoms with Crippen LogP contribution in [0.1, 0.15) is 30.4 Å². The molecule has 2 aliphatic rings. The third-order valence-corrected chi connectivity index (χ3v) is 6.71. The van der Waals surface area contributed by atoms with E-state index in [1.165, 1.54) is 12.1 Å². The molecule has 4 rings (SSSR count). The van der Waals surface area contributed by atoms with Crippen molar-refractivity contribution in [2.75, 3.05) is 34.4 Å². The minimum atomic E-state index is -0.566. The molecule has 6 nitrogen and oxygen atoms in total. The zero-order valence-electron chi connectivity index (χ0n) is 19.3. The number of carbonyl (C=O) groups is 1. The lowest BCUT2D eigenvalue weighted by Gasteiger charge is -2.47. The number of hydrogen-bond acceptors (Lipinski definition) is 5. The molecule has 0 N–H and O–H groups in total. The van der Waals surface area contributed by atoms with Gasteiger partial charge in [-0.15, -0.1) is 0 Å². The second-order valence-corrected chi connectivity index (χ2v) is 8.68. The van der Waals surface area contributed by atoms with Crippen LogP contribution >= 0.6 is 0 Å². The Bertz CT molecular complexity index is 991. The number of amides is 1. The van der Waals surface area contributed by atoms with Crippen molar-refractivity contribution in [2.45, 2.75) is 38.4 Å². The van der Waals surface area contributed by atoms with Gasteiger partial charge in [0.15, 0.2) is 11.5 Å². The Morgan fingerprint density at radius 3 is 2.33 bits per heavy atom. The monoisotopic (exact) mass is 460 g/mol. The SMILES string of the molecule is COc1cc(CN2C(=O)CC[C@H]3CN(Cc4ccc(F)cc4F)CC[C@H]32)cc(OC)c1OC. The molecule has 8 heteroatoms. The summed E-state index contributed by atoms with van der Waals surface area (Å²) >= 11 is 0. The zero-order chi connectivity index (χ0) is 23.5. The van der Waals surface area contributed by atoms with E-state index >= 15 is 0 Å². The first-order chi connectivity index (χ1) is 15.9. The summed E-state index contributed by atoms with van der Waals surface area (Å²) in [6, 6.07) is 7.62. The van der Waals surface area contributed by atoms with Gasteiger partial charge in [-0.25, -0.2) is 8.78 Å². The van der Waals surface area contributed by atoms with Gasteiger partial charge in [0.25, 0.3) is 0 Å². The standard InChI is InChI=1S/C25H30F2N2O4/c1-31-22-10-16(11-23(32-2)25(22)33-3)13-29-21-8-9-28(15-18(21)5-7-24(29)30)14-17-4-6-19(26)12-20(17)27/h4,6,10-12,18,21H,5,7-9,13-15H2,1-3H3/t18-,21+/m0/s1. The molecular weight excluding hydrogens is 430 g/mol. The highest BCUT2D eigenvalue weighted by Gasteiger charge is 2.39. The Morgan fingerprint density at radius 1 is 0.970 bits per heavy atom. The fraction of sp³-hybridized carbons (Fsp3) is 0.480. The molecule has 2 aromatic rings. The number of nitrogens with zero attached hydrogens (tertiary/aromatic N) is 2. The number of carbonyl (C=O) groups excluding carboxylic acids is 1. The lowest BCUT2D eigenvalue weighted by molar-refractivity contribution is -0.142. The Morgan fingerprint density at radius 2 is 1.70 bits per heavy atom. The zero-order valence-corrected chi connectivity index (χ0v) is 19.3. The summed E-state index contributed by atoms with van der Waals surface area (Å²) < 4.78 is 43.7. The molecule has 0 bridgehead atoms.